The highest BCUT2D eigenvalue weighted by Crippen LogP contribution is 2.73. The minimum atomic E-state index is -1.50. The maximum atomic E-state index is 15.6. The van der Waals surface area contributed by atoms with E-state index in [0.717, 1.165) is 0 Å². The minimum absolute atomic E-state index is 0.0749. The van der Waals surface area contributed by atoms with Crippen molar-refractivity contribution in [2.24, 2.45) is 22.7 Å². The SMILES string of the molecule is CC1(C)O[C@@H]2C[C@H]3C4C[C@H](F)C5=CC(=O)C=C[C@]5(C)[C@@]4(Cl)[C@@H](Cl)C[C@]3(C)[C@]2(C(=O)CF)O1. The molecule has 1 aliphatic heterocycles. The number of carbonyl (C=O) groups excluding carboxylic acids is 2. The lowest BCUT2D eigenvalue weighted by atomic mass is 9.46. The third-order valence-electron chi connectivity index (χ3n) is 9.11. The average molecular weight is 489 g/mol. The number of carbonyl (C=O) groups is 2. The first-order valence-corrected chi connectivity index (χ1v) is 12.0. The molecule has 4 aliphatic carbocycles. The van der Waals surface area contributed by atoms with Crippen molar-refractivity contribution < 1.29 is 27.8 Å². The maximum Gasteiger partial charge on any atom is 0.198 e. The van der Waals surface area contributed by atoms with E-state index in [-0.39, 0.29) is 24.5 Å². The molecule has 0 radical (unpaired) electrons. The summed E-state index contributed by atoms with van der Waals surface area (Å²) in [4.78, 5) is 24.0. The van der Waals surface area contributed by atoms with Crippen molar-refractivity contribution in [1.29, 1.82) is 0 Å². The number of hydrogen-bond donors (Lipinski definition) is 0. The van der Waals surface area contributed by atoms with Gasteiger partial charge >= 0.3 is 0 Å². The highest BCUT2D eigenvalue weighted by molar-refractivity contribution is 6.34. The minimum Gasteiger partial charge on any atom is -0.344 e. The molecule has 3 saturated carbocycles. The summed E-state index contributed by atoms with van der Waals surface area (Å²) in [5.41, 5.74) is -2.99. The van der Waals surface area contributed by atoms with Gasteiger partial charge in [-0.05, 0) is 62.7 Å². The summed E-state index contributed by atoms with van der Waals surface area (Å²) in [5.74, 6) is -2.67. The number of halogens is 4. The van der Waals surface area contributed by atoms with Crippen LogP contribution in [0.4, 0.5) is 8.78 Å². The van der Waals surface area contributed by atoms with Crippen LogP contribution in [-0.4, -0.2) is 52.2 Å². The second-order valence-corrected chi connectivity index (χ2v) is 12.1. The molecule has 32 heavy (non-hydrogen) atoms. The van der Waals surface area contributed by atoms with Crippen molar-refractivity contribution in [2.45, 2.75) is 80.9 Å². The molecule has 5 aliphatic rings. The lowest BCUT2D eigenvalue weighted by Gasteiger charge is -2.64. The van der Waals surface area contributed by atoms with Gasteiger partial charge in [-0.2, -0.15) is 0 Å². The smallest absolute Gasteiger partial charge is 0.198 e. The molecule has 1 saturated heterocycles. The maximum absolute atomic E-state index is 15.6. The van der Waals surface area contributed by atoms with Crippen LogP contribution in [-0.2, 0) is 19.1 Å². The van der Waals surface area contributed by atoms with E-state index >= 15 is 4.39 Å². The summed E-state index contributed by atoms with van der Waals surface area (Å²) in [7, 11) is 0. The zero-order valence-electron chi connectivity index (χ0n) is 18.6. The highest BCUT2D eigenvalue weighted by atomic mass is 35.5. The van der Waals surface area contributed by atoms with E-state index in [1.165, 1.54) is 12.2 Å². The Morgan fingerprint density at radius 1 is 1.22 bits per heavy atom. The van der Waals surface area contributed by atoms with Crippen molar-refractivity contribution in [3.63, 3.8) is 0 Å². The highest BCUT2D eigenvalue weighted by Gasteiger charge is 2.79. The van der Waals surface area contributed by atoms with Gasteiger partial charge in [0.1, 0.15) is 6.17 Å². The summed E-state index contributed by atoms with van der Waals surface area (Å²) in [5, 5.41) is -0.676. The molecule has 1 heterocycles. The number of rotatable bonds is 2. The normalized spacial score (nSPS) is 53.2. The van der Waals surface area contributed by atoms with E-state index < -0.39 is 63.1 Å². The number of alkyl halides is 4. The number of Topliss-reactive ketones (excluding diaryl/α,β-unsaturated/α-hetero) is 1. The van der Waals surface area contributed by atoms with Gasteiger partial charge < -0.3 is 9.47 Å². The van der Waals surface area contributed by atoms with E-state index in [1.807, 2.05) is 13.8 Å². The van der Waals surface area contributed by atoms with Gasteiger partial charge in [0.2, 0.25) is 0 Å². The summed E-state index contributed by atoms with van der Waals surface area (Å²) >= 11 is 14.5. The quantitative estimate of drug-likeness (QED) is 0.520. The molecule has 4 nitrogen and oxygen atoms in total. The zero-order chi connectivity index (χ0) is 23.5. The van der Waals surface area contributed by atoms with Crippen molar-refractivity contribution in [3.8, 4) is 0 Å². The molecule has 176 valence electrons. The van der Waals surface area contributed by atoms with E-state index in [4.69, 9.17) is 32.7 Å². The molecule has 4 fully saturated rings. The molecular formula is C24H28Cl2F2O4. The van der Waals surface area contributed by atoms with E-state index in [2.05, 4.69) is 0 Å². The standard InChI is InChI=1S/C24H28Cl2F2O4/c1-20(2)31-19-9-13-14-8-16(28)15-7-12(29)5-6-21(15,3)23(14,26)17(25)10-22(13,4)24(19,32-20)18(30)11-27/h5-7,13-14,16-17,19H,8-11H2,1-4H3/t13-,14?,16-,17-,19+,21-,22-,23-,24+/m0/s1. The van der Waals surface area contributed by atoms with Gasteiger partial charge in [-0.25, -0.2) is 8.78 Å². The topological polar surface area (TPSA) is 52.6 Å². The second-order valence-electron chi connectivity index (χ2n) is 10.9. The predicted octanol–water partition coefficient (Wildman–Crippen LogP) is 4.86. The largest absolute Gasteiger partial charge is 0.344 e. The second kappa shape index (κ2) is 6.65. The number of allylic oxidation sites excluding steroid dienone is 4. The Morgan fingerprint density at radius 3 is 2.56 bits per heavy atom. The molecule has 0 spiro atoms. The Hall–Kier alpha value is -0.820. The van der Waals surface area contributed by atoms with E-state index in [9.17, 15) is 14.0 Å². The first-order valence-electron chi connectivity index (χ1n) is 11.2. The fraction of sp³-hybridized carbons (Fsp3) is 0.750. The fourth-order valence-electron chi connectivity index (χ4n) is 7.84. The number of ether oxygens (including phenoxy) is 2. The van der Waals surface area contributed by atoms with Crippen molar-refractivity contribution >= 4 is 34.8 Å². The Balaban J connectivity index is 1.66. The summed E-state index contributed by atoms with van der Waals surface area (Å²) in [6, 6.07) is 0. The first-order chi connectivity index (χ1) is 14.8. The van der Waals surface area contributed by atoms with Gasteiger partial charge in [0.05, 0.1) is 16.4 Å². The lowest BCUT2D eigenvalue weighted by Crippen LogP contribution is -2.69. The van der Waals surface area contributed by atoms with Crippen LogP contribution >= 0.6 is 23.2 Å². The molecule has 8 heteroatoms. The molecule has 0 aromatic carbocycles. The summed E-state index contributed by atoms with van der Waals surface area (Å²) in [6.07, 6.45) is 3.17. The van der Waals surface area contributed by atoms with Crippen LogP contribution in [0.1, 0.15) is 47.0 Å². The monoisotopic (exact) mass is 488 g/mol. The van der Waals surface area contributed by atoms with Crippen molar-refractivity contribution in [3.05, 3.63) is 23.8 Å². The van der Waals surface area contributed by atoms with Gasteiger partial charge in [0.15, 0.2) is 29.6 Å². The van der Waals surface area contributed by atoms with Gasteiger partial charge in [0.25, 0.3) is 0 Å². The molecule has 1 unspecified atom stereocenters. The average Bonchev–Trinajstić information content (AvgIpc) is 3.11. The van der Waals surface area contributed by atoms with Crippen LogP contribution in [0.3, 0.4) is 0 Å². The molecule has 0 aromatic heterocycles. The van der Waals surface area contributed by atoms with Crippen LogP contribution in [0.25, 0.3) is 0 Å². The Labute approximate surface area is 196 Å². The van der Waals surface area contributed by atoms with Crippen molar-refractivity contribution in [2.75, 3.05) is 6.67 Å². The molecule has 0 N–H and O–H groups in total. The molecule has 9 atom stereocenters. The van der Waals surface area contributed by atoms with Gasteiger partial charge in [-0.15, -0.1) is 23.2 Å². The van der Waals surface area contributed by atoms with Crippen molar-refractivity contribution in [1.82, 2.24) is 0 Å². The Bertz CT molecular complexity index is 966. The molecule has 0 bridgehead atoms. The molecule has 0 amide bonds. The van der Waals surface area contributed by atoms with Gasteiger partial charge in [-0.1, -0.05) is 19.9 Å². The molecule has 0 aromatic rings. The molecular weight excluding hydrogens is 461 g/mol. The van der Waals surface area contributed by atoms with Crippen LogP contribution in [0.5, 0.6) is 0 Å². The predicted molar refractivity (Wildman–Crippen MR) is 116 cm³/mol. The Morgan fingerprint density at radius 2 is 1.91 bits per heavy atom. The summed E-state index contributed by atoms with van der Waals surface area (Å²) in [6.45, 7) is 5.97. The van der Waals surface area contributed by atoms with Crippen LogP contribution in [0.15, 0.2) is 23.8 Å². The van der Waals surface area contributed by atoms with Crippen LogP contribution in [0.2, 0.25) is 0 Å². The van der Waals surface area contributed by atoms with Gasteiger partial charge in [0, 0.05) is 10.8 Å². The van der Waals surface area contributed by atoms with Crippen LogP contribution in [0, 0.1) is 22.7 Å². The number of fused-ring (bicyclic) bond motifs is 7. The molecule has 5 rings (SSSR count). The number of hydrogen-bond acceptors (Lipinski definition) is 4. The number of ketones is 2. The van der Waals surface area contributed by atoms with E-state index in [0.29, 0.717) is 12.0 Å². The van der Waals surface area contributed by atoms with Crippen LogP contribution < -0.4 is 0 Å². The first kappa shape index (κ1) is 22.9. The lowest BCUT2D eigenvalue weighted by molar-refractivity contribution is -0.213. The third-order valence-corrected chi connectivity index (χ3v) is 10.7. The Kier molecular flexibility index (Phi) is 4.77. The van der Waals surface area contributed by atoms with Gasteiger partial charge in [-0.3, -0.25) is 9.59 Å². The fourth-order valence-corrected chi connectivity index (χ4v) is 9.04. The summed E-state index contributed by atoms with van der Waals surface area (Å²) < 4.78 is 41.8. The zero-order valence-corrected chi connectivity index (χ0v) is 20.1. The third kappa shape index (κ3) is 2.45. The van der Waals surface area contributed by atoms with E-state index in [1.54, 1.807) is 19.9 Å².